The first kappa shape index (κ1) is 14.2. The number of benzene rings is 1. The third kappa shape index (κ3) is 2.89. The molecule has 1 N–H and O–H groups in total. The summed E-state index contributed by atoms with van der Waals surface area (Å²) in [6.07, 6.45) is -1.49. The Morgan fingerprint density at radius 1 is 1.44 bits per heavy atom. The normalized spacial score (nSPS) is 11.1. The van der Waals surface area contributed by atoms with Gasteiger partial charge in [0.25, 0.3) is 5.69 Å². The van der Waals surface area contributed by atoms with Gasteiger partial charge in [0.2, 0.25) is 0 Å². The number of halogens is 1. The number of ether oxygens (including phenoxy) is 1. The fraction of sp³-hybridized carbons (Fsp3) is 0.364. The molecule has 7 heteroatoms. The molecule has 0 saturated carbocycles. The van der Waals surface area contributed by atoms with E-state index in [-0.39, 0.29) is 16.5 Å². The Balaban J connectivity index is 3.51. The maximum Gasteiger partial charge on any atom is 0.511 e. The zero-order chi connectivity index (χ0) is 14.1. The minimum atomic E-state index is -1.49. The van der Waals surface area contributed by atoms with E-state index in [0.717, 1.165) is 6.07 Å². The lowest BCUT2D eigenvalue weighted by molar-refractivity contribution is -0.384. The van der Waals surface area contributed by atoms with Gasteiger partial charge in [0.15, 0.2) is 0 Å². The molecule has 0 atom stereocenters. The largest absolute Gasteiger partial charge is 0.511 e. The summed E-state index contributed by atoms with van der Waals surface area (Å²) in [7, 11) is 0. The van der Waals surface area contributed by atoms with Crippen LogP contribution in [0.25, 0.3) is 0 Å². The summed E-state index contributed by atoms with van der Waals surface area (Å²) >= 11 is 5.96. The Bertz CT molecular complexity index is 507. The van der Waals surface area contributed by atoms with Gasteiger partial charge in [-0.2, -0.15) is 0 Å². The van der Waals surface area contributed by atoms with Crippen molar-refractivity contribution in [3.05, 3.63) is 32.8 Å². The lowest BCUT2D eigenvalue weighted by Crippen LogP contribution is -2.16. The number of carboxylic acid groups (broad SMARTS) is 1. The van der Waals surface area contributed by atoms with Crippen LogP contribution in [0.3, 0.4) is 0 Å². The molecule has 18 heavy (non-hydrogen) atoms. The van der Waals surface area contributed by atoms with E-state index >= 15 is 0 Å². The SMILES string of the molecule is CC(C)(C)c1c(OC(=O)O)ccc([N+](=O)[O-])c1Cl. The predicted octanol–water partition coefficient (Wildman–Crippen LogP) is 3.60. The molecule has 0 aliphatic carbocycles. The summed E-state index contributed by atoms with van der Waals surface area (Å²) in [6.45, 7) is 5.27. The van der Waals surface area contributed by atoms with E-state index in [1.54, 1.807) is 20.8 Å². The molecule has 0 heterocycles. The number of nitro groups is 1. The monoisotopic (exact) mass is 273 g/mol. The van der Waals surface area contributed by atoms with E-state index in [9.17, 15) is 14.9 Å². The van der Waals surface area contributed by atoms with Gasteiger partial charge in [-0.3, -0.25) is 10.1 Å². The Kier molecular flexibility index (Phi) is 3.81. The molecule has 6 nitrogen and oxygen atoms in total. The third-order valence-corrected chi connectivity index (χ3v) is 2.61. The van der Waals surface area contributed by atoms with Crippen LogP contribution in [0, 0.1) is 10.1 Å². The molecule has 0 saturated heterocycles. The molecular weight excluding hydrogens is 262 g/mol. The highest BCUT2D eigenvalue weighted by atomic mass is 35.5. The van der Waals surface area contributed by atoms with Crippen molar-refractivity contribution in [3.63, 3.8) is 0 Å². The fourth-order valence-electron chi connectivity index (χ4n) is 1.57. The second-order valence-electron chi connectivity index (χ2n) is 4.65. The summed E-state index contributed by atoms with van der Waals surface area (Å²) in [4.78, 5) is 20.8. The molecule has 0 aliphatic heterocycles. The van der Waals surface area contributed by atoms with Crippen LogP contribution >= 0.6 is 11.6 Å². The quantitative estimate of drug-likeness (QED) is 0.385. The van der Waals surface area contributed by atoms with Crippen LogP contribution in [0.1, 0.15) is 26.3 Å². The van der Waals surface area contributed by atoms with Gasteiger partial charge in [0.05, 0.1) is 4.92 Å². The van der Waals surface area contributed by atoms with Gasteiger partial charge in [0, 0.05) is 11.6 Å². The highest BCUT2D eigenvalue weighted by molar-refractivity contribution is 6.33. The summed E-state index contributed by atoms with van der Waals surface area (Å²) in [5, 5.41) is 19.3. The Hall–Kier alpha value is -1.82. The van der Waals surface area contributed by atoms with Crippen LogP contribution in [0.4, 0.5) is 10.5 Å². The minimum Gasteiger partial charge on any atom is -0.449 e. The van der Waals surface area contributed by atoms with Crippen molar-refractivity contribution in [3.8, 4) is 5.75 Å². The molecule has 0 amide bonds. The third-order valence-electron chi connectivity index (χ3n) is 2.23. The Labute approximate surface area is 108 Å². The maximum absolute atomic E-state index is 10.8. The van der Waals surface area contributed by atoms with Gasteiger partial charge in [0.1, 0.15) is 10.8 Å². The zero-order valence-corrected chi connectivity index (χ0v) is 10.8. The van der Waals surface area contributed by atoms with E-state index in [4.69, 9.17) is 16.7 Å². The van der Waals surface area contributed by atoms with Gasteiger partial charge < -0.3 is 9.84 Å². The van der Waals surface area contributed by atoms with Crippen molar-refractivity contribution in [2.75, 3.05) is 0 Å². The Morgan fingerprint density at radius 3 is 2.39 bits per heavy atom. The summed E-state index contributed by atoms with van der Waals surface area (Å²) in [6, 6.07) is 2.36. The van der Waals surface area contributed by atoms with Crippen molar-refractivity contribution in [2.45, 2.75) is 26.2 Å². The summed E-state index contributed by atoms with van der Waals surface area (Å²) in [5.74, 6) is 0.00519. The second-order valence-corrected chi connectivity index (χ2v) is 5.02. The topological polar surface area (TPSA) is 89.7 Å². The van der Waals surface area contributed by atoms with Crippen LogP contribution in [0.2, 0.25) is 5.02 Å². The summed E-state index contributed by atoms with van der Waals surface area (Å²) < 4.78 is 4.60. The van der Waals surface area contributed by atoms with E-state index in [0.29, 0.717) is 5.56 Å². The van der Waals surface area contributed by atoms with E-state index in [1.165, 1.54) is 6.07 Å². The first-order valence-corrected chi connectivity index (χ1v) is 5.40. The van der Waals surface area contributed by atoms with Crippen molar-refractivity contribution < 1.29 is 19.6 Å². The first-order chi connectivity index (χ1) is 8.14. The standard InChI is InChI=1S/C11H12ClNO5/c1-11(2,3)8-7(18-10(14)15)5-4-6(9(8)12)13(16)17/h4-5H,1-3H3,(H,14,15). The van der Waals surface area contributed by atoms with Crippen LogP contribution in [-0.2, 0) is 5.41 Å². The first-order valence-electron chi connectivity index (χ1n) is 5.02. The number of hydrogen-bond donors (Lipinski definition) is 1. The molecule has 1 rings (SSSR count). The lowest BCUT2D eigenvalue weighted by Gasteiger charge is -2.22. The molecule has 0 radical (unpaired) electrons. The predicted molar refractivity (Wildman–Crippen MR) is 65.5 cm³/mol. The van der Waals surface area contributed by atoms with Crippen LogP contribution in [0.5, 0.6) is 5.75 Å². The molecule has 98 valence electrons. The highest BCUT2D eigenvalue weighted by Gasteiger charge is 2.29. The number of nitro benzene ring substituents is 1. The number of hydrogen-bond acceptors (Lipinski definition) is 4. The average molecular weight is 274 g/mol. The van der Waals surface area contributed by atoms with Crippen LogP contribution in [0.15, 0.2) is 12.1 Å². The fourth-order valence-corrected chi connectivity index (χ4v) is 2.07. The van der Waals surface area contributed by atoms with Crippen LogP contribution in [-0.4, -0.2) is 16.2 Å². The number of nitrogens with zero attached hydrogens (tertiary/aromatic N) is 1. The number of carbonyl (C=O) groups is 1. The van der Waals surface area contributed by atoms with Gasteiger partial charge in [-0.25, -0.2) is 4.79 Å². The van der Waals surface area contributed by atoms with Gasteiger partial charge in [-0.05, 0) is 11.5 Å². The van der Waals surface area contributed by atoms with Gasteiger partial charge in [-0.1, -0.05) is 32.4 Å². The van der Waals surface area contributed by atoms with Gasteiger partial charge in [-0.15, -0.1) is 0 Å². The van der Waals surface area contributed by atoms with Crippen molar-refractivity contribution in [1.29, 1.82) is 0 Å². The van der Waals surface area contributed by atoms with Crippen molar-refractivity contribution in [2.24, 2.45) is 0 Å². The van der Waals surface area contributed by atoms with E-state index in [1.807, 2.05) is 0 Å². The van der Waals surface area contributed by atoms with E-state index in [2.05, 4.69) is 4.74 Å². The molecule has 0 aromatic heterocycles. The smallest absolute Gasteiger partial charge is 0.449 e. The molecule has 0 fully saturated rings. The molecule has 0 spiro atoms. The second kappa shape index (κ2) is 4.81. The van der Waals surface area contributed by atoms with Gasteiger partial charge >= 0.3 is 6.16 Å². The average Bonchev–Trinajstić information content (AvgIpc) is 2.13. The van der Waals surface area contributed by atoms with Crippen LogP contribution < -0.4 is 4.74 Å². The van der Waals surface area contributed by atoms with Crippen molar-refractivity contribution >= 4 is 23.4 Å². The molecule has 0 bridgehead atoms. The van der Waals surface area contributed by atoms with E-state index < -0.39 is 16.5 Å². The highest BCUT2D eigenvalue weighted by Crippen LogP contribution is 2.41. The minimum absolute atomic E-state index is 0.00519. The zero-order valence-electron chi connectivity index (χ0n) is 10.1. The lowest BCUT2D eigenvalue weighted by atomic mass is 9.86. The van der Waals surface area contributed by atoms with Crippen molar-refractivity contribution in [1.82, 2.24) is 0 Å². The molecular formula is C11H12ClNO5. The Morgan fingerprint density at radius 2 is 2.00 bits per heavy atom. The summed E-state index contributed by atoms with van der Waals surface area (Å²) in [5.41, 5.74) is -0.575. The molecule has 1 aromatic carbocycles. The molecule has 0 aliphatic rings. The molecule has 0 unspecified atom stereocenters. The number of rotatable bonds is 2. The maximum atomic E-state index is 10.8. The molecule has 1 aromatic rings.